The fourth-order valence-electron chi connectivity index (χ4n) is 4.93. The van der Waals surface area contributed by atoms with Crippen LogP contribution in [0, 0.1) is 12.3 Å². The number of carbonyl (C=O) groups is 2. The van der Waals surface area contributed by atoms with Crippen molar-refractivity contribution in [3.05, 3.63) is 48.0 Å². The van der Waals surface area contributed by atoms with Gasteiger partial charge in [-0.3, -0.25) is 9.59 Å². The van der Waals surface area contributed by atoms with Crippen molar-refractivity contribution < 1.29 is 24.5 Å². The van der Waals surface area contributed by atoms with E-state index in [9.17, 15) is 19.8 Å². The highest BCUT2D eigenvalue weighted by Crippen LogP contribution is 2.37. The number of para-hydroxylation sites is 1. The van der Waals surface area contributed by atoms with Crippen molar-refractivity contribution in [2.75, 3.05) is 26.2 Å². The molecule has 0 aliphatic carbocycles. The van der Waals surface area contributed by atoms with Gasteiger partial charge in [-0.2, -0.15) is 0 Å². The van der Waals surface area contributed by atoms with Crippen LogP contribution in [0.25, 0.3) is 0 Å². The molecule has 1 spiro atoms. The molecular formula is C25H34N4O5. The van der Waals surface area contributed by atoms with Crippen molar-refractivity contribution in [1.29, 1.82) is 0 Å². The van der Waals surface area contributed by atoms with Crippen molar-refractivity contribution >= 4 is 11.8 Å². The number of ether oxygens (including phenoxy) is 1. The number of hydrogen-bond donors (Lipinski definition) is 3. The molecule has 0 unspecified atom stereocenters. The van der Waals surface area contributed by atoms with E-state index in [2.05, 4.69) is 10.3 Å². The summed E-state index contributed by atoms with van der Waals surface area (Å²) in [6.45, 7) is 3.88. The second kappa shape index (κ2) is 10.6. The largest absolute Gasteiger partial charge is 0.483 e. The molecule has 3 N–H and O–H groups in total. The fourth-order valence-corrected chi connectivity index (χ4v) is 4.93. The topological polar surface area (TPSA) is 117 Å². The third-order valence-corrected chi connectivity index (χ3v) is 7.17. The number of benzene rings is 1. The Bertz CT molecular complexity index is 999. The zero-order chi connectivity index (χ0) is 24.1. The zero-order valence-electron chi connectivity index (χ0n) is 19.7. The van der Waals surface area contributed by atoms with Gasteiger partial charge in [-0.15, -0.1) is 0 Å². The SMILES string of the molecule is Cc1nccn1CCC(=O)N1CCC2(CC1)CNC(=O)COc1ccccc1C[C@H](O)[C@H](O)C2. The van der Waals surface area contributed by atoms with Crippen LogP contribution in [0.15, 0.2) is 36.7 Å². The highest BCUT2D eigenvalue weighted by molar-refractivity contribution is 5.77. The molecule has 3 heterocycles. The molecule has 184 valence electrons. The Labute approximate surface area is 199 Å². The predicted molar refractivity (Wildman–Crippen MR) is 125 cm³/mol. The average Bonchev–Trinajstić information content (AvgIpc) is 3.25. The van der Waals surface area contributed by atoms with Crippen LogP contribution in [0.2, 0.25) is 0 Å². The van der Waals surface area contributed by atoms with Crippen molar-refractivity contribution in [3.63, 3.8) is 0 Å². The van der Waals surface area contributed by atoms with Crippen LogP contribution in [0.5, 0.6) is 5.75 Å². The molecule has 0 radical (unpaired) electrons. The number of hydrogen-bond acceptors (Lipinski definition) is 6. The van der Waals surface area contributed by atoms with Gasteiger partial charge in [0.2, 0.25) is 5.91 Å². The first-order valence-electron chi connectivity index (χ1n) is 11.9. The summed E-state index contributed by atoms with van der Waals surface area (Å²) in [7, 11) is 0. The van der Waals surface area contributed by atoms with Crippen molar-refractivity contribution in [2.45, 2.75) is 57.8 Å². The summed E-state index contributed by atoms with van der Waals surface area (Å²) < 4.78 is 7.64. The van der Waals surface area contributed by atoms with Crippen LogP contribution in [0.3, 0.4) is 0 Å². The number of amides is 2. The lowest BCUT2D eigenvalue weighted by Gasteiger charge is -2.43. The zero-order valence-corrected chi connectivity index (χ0v) is 19.7. The van der Waals surface area contributed by atoms with Gasteiger partial charge in [0.15, 0.2) is 6.61 Å². The molecule has 1 aromatic heterocycles. The van der Waals surface area contributed by atoms with E-state index in [0.717, 1.165) is 11.4 Å². The Morgan fingerprint density at radius 1 is 1.24 bits per heavy atom. The van der Waals surface area contributed by atoms with E-state index in [1.165, 1.54) is 0 Å². The quantitative estimate of drug-likeness (QED) is 0.618. The van der Waals surface area contributed by atoms with E-state index >= 15 is 0 Å². The number of imidazole rings is 1. The number of nitrogens with zero attached hydrogens (tertiary/aromatic N) is 3. The molecule has 1 saturated heterocycles. The number of carbonyl (C=O) groups excluding carboxylic acids is 2. The summed E-state index contributed by atoms with van der Waals surface area (Å²) in [5, 5.41) is 24.6. The molecule has 2 atom stereocenters. The van der Waals surface area contributed by atoms with E-state index in [1.807, 2.05) is 40.8 Å². The minimum Gasteiger partial charge on any atom is -0.483 e. The minimum absolute atomic E-state index is 0.0886. The number of aliphatic hydroxyl groups is 2. The molecule has 2 aliphatic heterocycles. The second-order valence-electron chi connectivity index (χ2n) is 9.51. The third-order valence-electron chi connectivity index (χ3n) is 7.17. The molecule has 1 fully saturated rings. The van der Waals surface area contributed by atoms with E-state index < -0.39 is 17.6 Å². The van der Waals surface area contributed by atoms with Gasteiger partial charge < -0.3 is 29.7 Å². The predicted octanol–water partition coefficient (Wildman–Crippen LogP) is 1.05. The Kier molecular flexibility index (Phi) is 7.53. The minimum atomic E-state index is -0.949. The lowest BCUT2D eigenvalue weighted by Crippen LogP contribution is -2.51. The molecule has 34 heavy (non-hydrogen) atoms. The molecule has 4 rings (SSSR count). The molecular weight excluding hydrogens is 436 g/mol. The monoisotopic (exact) mass is 470 g/mol. The van der Waals surface area contributed by atoms with Crippen molar-refractivity contribution in [2.24, 2.45) is 5.41 Å². The number of likely N-dealkylation sites (tertiary alicyclic amines) is 1. The van der Waals surface area contributed by atoms with E-state index in [1.54, 1.807) is 12.3 Å². The third kappa shape index (κ3) is 5.77. The maximum atomic E-state index is 12.8. The van der Waals surface area contributed by atoms with E-state index in [0.29, 0.717) is 57.6 Å². The Morgan fingerprint density at radius 3 is 2.74 bits per heavy atom. The maximum absolute atomic E-state index is 12.8. The van der Waals surface area contributed by atoms with Gasteiger partial charge in [0, 0.05) is 51.4 Å². The van der Waals surface area contributed by atoms with Crippen LogP contribution >= 0.6 is 0 Å². The van der Waals surface area contributed by atoms with Gasteiger partial charge in [0.1, 0.15) is 11.6 Å². The van der Waals surface area contributed by atoms with Gasteiger partial charge in [-0.05, 0) is 43.2 Å². The van der Waals surface area contributed by atoms with Crippen LogP contribution in [-0.2, 0) is 22.6 Å². The lowest BCUT2D eigenvalue weighted by atomic mass is 9.73. The lowest BCUT2D eigenvalue weighted by molar-refractivity contribution is -0.135. The Hall–Kier alpha value is -2.91. The molecule has 2 aliphatic rings. The summed E-state index contributed by atoms with van der Waals surface area (Å²) in [5.74, 6) is 1.29. The first kappa shape index (κ1) is 24.2. The molecule has 2 amide bonds. The summed E-state index contributed by atoms with van der Waals surface area (Å²) in [5.41, 5.74) is 0.358. The normalized spacial score (nSPS) is 23.3. The molecule has 0 bridgehead atoms. The summed E-state index contributed by atoms with van der Waals surface area (Å²) in [6.07, 6.45) is 3.99. The van der Waals surface area contributed by atoms with Gasteiger partial charge in [-0.25, -0.2) is 4.98 Å². The highest BCUT2D eigenvalue weighted by Gasteiger charge is 2.39. The fraction of sp³-hybridized carbons (Fsp3) is 0.560. The first-order chi connectivity index (χ1) is 16.3. The number of piperidine rings is 1. The molecule has 9 nitrogen and oxygen atoms in total. The van der Waals surface area contributed by atoms with Gasteiger partial charge in [0.05, 0.1) is 12.2 Å². The number of nitrogens with one attached hydrogen (secondary N) is 1. The number of rotatable bonds is 3. The average molecular weight is 471 g/mol. The highest BCUT2D eigenvalue weighted by atomic mass is 16.5. The van der Waals surface area contributed by atoms with Crippen molar-refractivity contribution in [1.82, 2.24) is 19.8 Å². The smallest absolute Gasteiger partial charge is 0.257 e. The standard InChI is InChI=1S/C25H34N4O5/c1-18-26-9-13-28(18)10-6-24(33)29-11-7-25(8-12-29)15-21(31)20(30)14-19-4-2-3-5-22(19)34-16-23(32)27-17-25/h2-5,9,13,20-21,30-31H,6-8,10-12,14-17H2,1H3,(H,27,32)/t20-,21+/m0/s1. The maximum Gasteiger partial charge on any atom is 0.257 e. The number of aromatic nitrogens is 2. The van der Waals surface area contributed by atoms with Gasteiger partial charge >= 0.3 is 0 Å². The van der Waals surface area contributed by atoms with Crippen LogP contribution in [0.4, 0.5) is 0 Å². The van der Waals surface area contributed by atoms with Crippen LogP contribution < -0.4 is 10.1 Å². The van der Waals surface area contributed by atoms with Crippen molar-refractivity contribution in [3.8, 4) is 5.75 Å². The summed E-state index contributed by atoms with van der Waals surface area (Å²) in [6, 6.07) is 7.25. The molecule has 0 saturated carbocycles. The number of fused-ring (bicyclic) bond motifs is 1. The van der Waals surface area contributed by atoms with E-state index in [4.69, 9.17) is 4.74 Å². The number of aliphatic hydroxyl groups excluding tert-OH is 2. The Balaban J connectivity index is 1.40. The molecule has 9 heteroatoms. The van der Waals surface area contributed by atoms with Crippen LogP contribution in [0.1, 0.15) is 37.1 Å². The second-order valence-corrected chi connectivity index (χ2v) is 9.51. The molecule has 2 aromatic rings. The summed E-state index contributed by atoms with van der Waals surface area (Å²) >= 11 is 0. The first-order valence-corrected chi connectivity index (χ1v) is 11.9. The number of aryl methyl sites for hydroxylation is 2. The van der Waals surface area contributed by atoms with Crippen LogP contribution in [-0.4, -0.2) is 74.9 Å². The van der Waals surface area contributed by atoms with Gasteiger partial charge in [0.25, 0.3) is 5.91 Å². The molecule has 1 aromatic carbocycles. The van der Waals surface area contributed by atoms with E-state index in [-0.39, 0.29) is 24.8 Å². The van der Waals surface area contributed by atoms with Gasteiger partial charge in [-0.1, -0.05) is 18.2 Å². The summed E-state index contributed by atoms with van der Waals surface area (Å²) in [4.78, 5) is 31.3. The Morgan fingerprint density at radius 2 is 2.00 bits per heavy atom.